The maximum Gasteiger partial charge on any atom is 0.105 e. The summed E-state index contributed by atoms with van der Waals surface area (Å²) in [6.07, 6.45) is 14.2. The van der Waals surface area contributed by atoms with E-state index in [2.05, 4.69) is 57.9 Å². The first-order chi connectivity index (χ1) is 13.8. The Morgan fingerprint density at radius 2 is 1.59 bits per heavy atom. The number of rotatable bonds is 6. The molecule has 0 atom stereocenters. The molecule has 0 aliphatic rings. The van der Waals surface area contributed by atoms with E-state index in [-0.39, 0.29) is 0 Å². The number of H-pyrrole nitrogens is 1. The quantitative estimate of drug-likeness (QED) is 0.628. The maximum atomic E-state index is 5.37. The van der Waals surface area contributed by atoms with Crippen LogP contribution in [-0.2, 0) is 18.8 Å². The number of imidazole rings is 3. The molecule has 9 heteroatoms. The van der Waals surface area contributed by atoms with E-state index in [1.165, 1.54) is 0 Å². The standard InChI is InChI=1S/C8H20N2O.C5H8N2.C4H6N2.C3H4N2/c1-9(2)5-7-11-8-6-10(3)4;1-5-6-3-4-7(5)2;1-6-3-2-5-4-6;1-2-5-3-4-1/h5-8H2,1-4H3;3-4H,1-2H3;2-4H,1H3;1-3H,(H,4,5). The van der Waals surface area contributed by atoms with E-state index in [0.717, 1.165) is 32.1 Å². The lowest BCUT2D eigenvalue weighted by molar-refractivity contribution is 0.104. The van der Waals surface area contributed by atoms with Crippen molar-refractivity contribution in [3.8, 4) is 0 Å². The van der Waals surface area contributed by atoms with Gasteiger partial charge in [0.2, 0.25) is 0 Å². The number of hydrogen-bond donors (Lipinski definition) is 1. The van der Waals surface area contributed by atoms with Gasteiger partial charge in [0.25, 0.3) is 0 Å². The van der Waals surface area contributed by atoms with Gasteiger partial charge in [-0.1, -0.05) is 0 Å². The Bertz CT molecular complexity index is 619. The van der Waals surface area contributed by atoms with Crippen molar-refractivity contribution in [1.82, 2.24) is 38.9 Å². The third-order valence-corrected chi connectivity index (χ3v) is 3.47. The van der Waals surface area contributed by atoms with Crippen molar-refractivity contribution in [3.63, 3.8) is 0 Å². The highest BCUT2D eigenvalue weighted by Gasteiger charge is 1.91. The van der Waals surface area contributed by atoms with Gasteiger partial charge < -0.3 is 28.7 Å². The van der Waals surface area contributed by atoms with Gasteiger partial charge in [0.05, 0.1) is 25.9 Å². The predicted molar refractivity (Wildman–Crippen MR) is 118 cm³/mol. The zero-order valence-corrected chi connectivity index (χ0v) is 19.0. The van der Waals surface area contributed by atoms with Gasteiger partial charge in [-0.2, -0.15) is 0 Å². The number of likely N-dealkylation sites (N-methyl/N-ethyl adjacent to an activating group) is 2. The fourth-order valence-electron chi connectivity index (χ4n) is 1.58. The largest absolute Gasteiger partial charge is 0.379 e. The van der Waals surface area contributed by atoms with Crippen LogP contribution in [0.25, 0.3) is 0 Å². The summed E-state index contributed by atoms with van der Waals surface area (Å²) in [5.74, 6) is 1.06. The predicted octanol–water partition coefficient (Wildman–Crippen LogP) is 1.68. The second-order valence-corrected chi connectivity index (χ2v) is 6.79. The van der Waals surface area contributed by atoms with Crippen LogP contribution in [0.1, 0.15) is 5.82 Å². The summed E-state index contributed by atoms with van der Waals surface area (Å²) in [5, 5.41) is 0. The SMILES string of the molecule is CN(C)CCOCCN(C)C.Cc1nccn1C.Cn1ccnc1.c1c[nH]cn1. The summed E-state index contributed by atoms with van der Waals surface area (Å²) in [7, 11) is 12.1. The third kappa shape index (κ3) is 18.6. The van der Waals surface area contributed by atoms with E-state index in [1.807, 2.05) is 42.5 Å². The Balaban J connectivity index is 0.000000376. The van der Waals surface area contributed by atoms with Gasteiger partial charge in [0, 0.05) is 64.4 Å². The number of nitrogens with zero attached hydrogens (tertiary/aromatic N) is 7. The molecule has 0 aliphatic heterocycles. The highest BCUT2D eigenvalue weighted by atomic mass is 16.5. The molecule has 0 aromatic carbocycles. The van der Waals surface area contributed by atoms with Crippen LogP contribution in [0, 0.1) is 6.92 Å². The molecule has 1 N–H and O–H groups in total. The summed E-state index contributed by atoms with van der Waals surface area (Å²) in [4.78, 5) is 18.4. The molecule has 9 nitrogen and oxygen atoms in total. The van der Waals surface area contributed by atoms with Gasteiger partial charge in [0.1, 0.15) is 5.82 Å². The highest BCUT2D eigenvalue weighted by molar-refractivity contribution is 4.85. The Morgan fingerprint density at radius 1 is 0.931 bits per heavy atom. The molecule has 0 radical (unpaired) electrons. The van der Waals surface area contributed by atoms with Crippen molar-refractivity contribution in [2.45, 2.75) is 6.92 Å². The van der Waals surface area contributed by atoms with Gasteiger partial charge in [-0.25, -0.2) is 15.0 Å². The Morgan fingerprint density at radius 3 is 1.79 bits per heavy atom. The van der Waals surface area contributed by atoms with Crippen LogP contribution in [0.15, 0.2) is 49.8 Å². The van der Waals surface area contributed by atoms with E-state index < -0.39 is 0 Å². The summed E-state index contributed by atoms with van der Waals surface area (Å²) in [6.45, 7) is 5.66. The van der Waals surface area contributed by atoms with Crippen molar-refractivity contribution >= 4 is 0 Å². The minimum absolute atomic E-state index is 0.834. The fourth-order valence-corrected chi connectivity index (χ4v) is 1.58. The van der Waals surface area contributed by atoms with Gasteiger partial charge >= 0.3 is 0 Å². The van der Waals surface area contributed by atoms with E-state index >= 15 is 0 Å². The molecule has 3 rings (SSSR count). The lowest BCUT2D eigenvalue weighted by Crippen LogP contribution is -2.22. The molecule has 0 spiro atoms. The van der Waals surface area contributed by atoms with Gasteiger partial charge in [-0.15, -0.1) is 0 Å². The Labute approximate surface area is 175 Å². The first kappa shape index (κ1) is 26.5. The van der Waals surface area contributed by atoms with Crippen LogP contribution in [-0.4, -0.2) is 93.4 Å². The van der Waals surface area contributed by atoms with Crippen LogP contribution < -0.4 is 0 Å². The molecule has 3 aromatic heterocycles. The van der Waals surface area contributed by atoms with Gasteiger partial charge in [-0.05, 0) is 35.1 Å². The molecule has 29 heavy (non-hydrogen) atoms. The van der Waals surface area contributed by atoms with E-state index in [9.17, 15) is 0 Å². The first-order valence-electron chi connectivity index (χ1n) is 9.48. The lowest BCUT2D eigenvalue weighted by atomic mass is 10.6. The molecule has 0 amide bonds. The topological polar surface area (TPSA) is 80.0 Å². The number of hydrogen-bond acceptors (Lipinski definition) is 6. The number of nitrogens with one attached hydrogen (secondary N) is 1. The Kier molecular flexibility index (Phi) is 16.1. The fraction of sp³-hybridized carbons (Fsp3) is 0.550. The van der Waals surface area contributed by atoms with E-state index in [4.69, 9.17) is 4.74 Å². The molecular weight excluding hydrogens is 368 g/mol. The van der Waals surface area contributed by atoms with Crippen LogP contribution >= 0.6 is 0 Å². The summed E-state index contributed by atoms with van der Waals surface area (Å²) < 4.78 is 9.23. The average molecular weight is 407 g/mol. The van der Waals surface area contributed by atoms with Crippen molar-refractivity contribution < 1.29 is 4.74 Å². The molecule has 0 aliphatic carbocycles. The normalized spacial score (nSPS) is 9.83. The second kappa shape index (κ2) is 17.6. The summed E-state index contributed by atoms with van der Waals surface area (Å²) >= 11 is 0. The number of ether oxygens (including phenoxy) is 1. The molecule has 3 aromatic rings. The number of aryl methyl sites for hydroxylation is 3. The molecule has 0 bridgehead atoms. The van der Waals surface area contributed by atoms with E-state index in [0.29, 0.717) is 0 Å². The minimum atomic E-state index is 0.834. The minimum Gasteiger partial charge on any atom is -0.379 e. The first-order valence-corrected chi connectivity index (χ1v) is 9.48. The number of aromatic nitrogens is 6. The van der Waals surface area contributed by atoms with Crippen LogP contribution in [0.4, 0.5) is 0 Å². The van der Waals surface area contributed by atoms with Crippen molar-refractivity contribution in [2.75, 3.05) is 54.5 Å². The van der Waals surface area contributed by atoms with Crippen molar-refractivity contribution in [3.05, 3.63) is 55.7 Å². The zero-order chi connectivity index (χ0) is 21.9. The molecule has 0 fully saturated rings. The lowest BCUT2D eigenvalue weighted by Gasteiger charge is -2.12. The third-order valence-electron chi connectivity index (χ3n) is 3.47. The van der Waals surface area contributed by atoms with Crippen molar-refractivity contribution in [2.24, 2.45) is 14.1 Å². The summed E-state index contributed by atoms with van der Waals surface area (Å²) in [5.41, 5.74) is 0. The van der Waals surface area contributed by atoms with Crippen LogP contribution in [0.2, 0.25) is 0 Å². The Hall–Kier alpha value is -2.49. The molecule has 0 saturated heterocycles. The summed E-state index contributed by atoms with van der Waals surface area (Å²) in [6, 6.07) is 0. The average Bonchev–Trinajstić information content (AvgIpc) is 3.42. The monoisotopic (exact) mass is 406 g/mol. The molecule has 164 valence electrons. The molecular formula is C20H38N8O. The number of aromatic amines is 1. The maximum absolute atomic E-state index is 5.37. The molecule has 0 unspecified atom stereocenters. The second-order valence-electron chi connectivity index (χ2n) is 6.79. The smallest absolute Gasteiger partial charge is 0.105 e. The zero-order valence-electron chi connectivity index (χ0n) is 19.0. The van der Waals surface area contributed by atoms with Crippen LogP contribution in [0.5, 0.6) is 0 Å². The molecule has 0 saturated carbocycles. The highest BCUT2D eigenvalue weighted by Crippen LogP contribution is 1.87. The van der Waals surface area contributed by atoms with Crippen LogP contribution in [0.3, 0.4) is 0 Å². The van der Waals surface area contributed by atoms with Gasteiger partial charge in [0.15, 0.2) is 0 Å². The van der Waals surface area contributed by atoms with E-state index in [1.54, 1.807) is 37.4 Å². The van der Waals surface area contributed by atoms with Crippen molar-refractivity contribution in [1.29, 1.82) is 0 Å². The molecule has 3 heterocycles. The van der Waals surface area contributed by atoms with Gasteiger partial charge in [-0.3, -0.25) is 0 Å².